The minimum Gasteiger partial charge on any atom is -0.491 e. The minimum absolute atomic E-state index is 0.120. The first-order valence-corrected chi connectivity index (χ1v) is 6.94. The number of hydrogen-bond acceptors (Lipinski definition) is 4. The summed E-state index contributed by atoms with van der Waals surface area (Å²) in [5.41, 5.74) is -0.183. The zero-order valence-corrected chi connectivity index (χ0v) is 11.6. The Bertz CT molecular complexity index is 404. The highest BCUT2D eigenvalue weighted by Crippen LogP contribution is 2.30. The largest absolute Gasteiger partial charge is 0.491 e. The standard InChI is InChI=1S/C14H20ClNO3/c15-11-3-1-4-13(7-11)19-9-12(18)8-16-14(10-17)5-2-6-14/h1,3-4,7,12,16-18H,2,5-6,8-10H2. The lowest BCUT2D eigenvalue weighted by atomic mass is 9.77. The molecule has 1 aromatic rings. The van der Waals surface area contributed by atoms with E-state index in [0.717, 1.165) is 19.3 Å². The van der Waals surface area contributed by atoms with E-state index in [1.165, 1.54) is 0 Å². The van der Waals surface area contributed by atoms with Gasteiger partial charge in [-0.15, -0.1) is 0 Å². The summed E-state index contributed by atoms with van der Waals surface area (Å²) in [6, 6.07) is 7.08. The van der Waals surface area contributed by atoms with Crippen molar-refractivity contribution < 1.29 is 14.9 Å². The van der Waals surface area contributed by atoms with E-state index >= 15 is 0 Å². The average Bonchev–Trinajstić information content (AvgIpc) is 2.36. The van der Waals surface area contributed by atoms with Crippen LogP contribution in [-0.4, -0.2) is 41.6 Å². The molecule has 1 atom stereocenters. The van der Waals surface area contributed by atoms with Gasteiger partial charge >= 0.3 is 0 Å². The van der Waals surface area contributed by atoms with Crippen LogP contribution in [0.15, 0.2) is 24.3 Å². The highest BCUT2D eigenvalue weighted by Gasteiger charge is 2.35. The van der Waals surface area contributed by atoms with Crippen LogP contribution >= 0.6 is 11.6 Å². The lowest BCUT2D eigenvalue weighted by molar-refractivity contribution is 0.0540. The van der Waals surface area contributed by atoms with Crippen LogP contribution in [0.3, 0.4) is 0 Å². The van der Waals surface area contributed by atoms with E-state index in [9.17, 15) is 10.2 Å². The zero-order valence-electron chi connectivity index (χ0n) is 10.8. The van der Waals surface area contributed by atoms with Crippen LogP contribution in [0.4, 0.5) is 0 Å². The Morgan fingerprint density at radius 1 is 1.42 bits per heavy atom. The molecule has 5 heteroatoms. The predicted molar refractivity (Wildman–Crippen MR) is 74.6 cm³/mol. The third-order valence-corrected chi connectivity index (χ3v) is 3.80. The molecule has 3 N–H and O–H groups in total. The number of β-amino-alcohol motifs (C(OH)–C–C–N with tert-alkyl or cyclic N) is 1. The summed E-state index contributed by atoms with van der Waals surface area (Å²) in [5.74, 6) is 0.645. The number of halogens is 1. The maximum absolute atomic E-state index is 9.86. The van der Waals surface area contributed by atoms with Gasteiger partial charge in [0, 0.05) is 17.1 Å². The normalized spacial score (nSPS) is 18.7. The molecule has 1 aromatic carbocycles. The molecule has 0 saturated heterocycles. The van der Waals surface area contributed by atoms with Gasteiger partial charge in [0.05, 0.1) is 6.61 Å². The topological polar surface area (TPSA) is 61.7 Å². The summed E-state index contributed by atoms with van der Waals surface area (Å²) in [7, 11) is 0. The SMILES string of the molecule is OCC1(NCC(O)COc2cccc(Cl)c2)CCC1. The first-order valence-electron chi connectivity index (χ1n) is 6.56. The van der Waals surface area contributed by atoms with Gasteiger partial charge in [-0.1, -0.05) is 17.7 Å². The van der Waals surface area contributed by atoms with Crippen molar-refractivity contribution in [3.05, 3.63) is 29.3 Å². The van der Waals surface area contributed by atoms with E-state index in [0.29, 0.717) is 17.3 Å². The summed E-state index contributed by atoms with van der Waals surface area (Å²) in [4.78, 5) is 0. The van der Waals surface area contributed by atoms with Crippen LogP contribution in [-0.2, 0) is 0 Å². The number of rotatable bonds is 7. The lowest BCUT2D eigenvalue weighted by Gasteiger charge is -2.41. The van der Waals surface area contributed by atoms with Gasteiger partial charge in [0.2, 0.25) is 0 Å². The summed E-state index contributed by atoms with van der Waals surface area (Å²) >= 11 is 5.84. The first kappa shape index (κ1) is 14.6. The van der Waals surface area contributed by atoms with Crippen LogP contribution in [0, 0.1) is 0 Å². The van der Waals surface area contributed by atoms with E-state index < -0.39 is 6.10 Å². The second-order valence-electron chi connectivity index (χ2n) is 5.10. The Hall–Kier alpha value is -0.810. The van der Waals surface area contributed by atoms with Gasteiger partial charge in [-0.2, -0.15) is 0 Å². The molecule has 1 aliphatic carbocycles. The lowest BCUT2D eigenvalue weighted by Crippen LogP contribution is -2.56. The van der Waals surface area contributed by atoms with Crippen LogP contribution < -0.4 is 10.1 Å². The number of benzene rings is 1. The molecule has 0 aliphatic heterocycles. The first-order chi connectivity index (χ1) is 9.13. The van der Waals surface area contributed by atoms with E-state index in [4.69, 9.17) is 16.3 Å². The van der Waals surface area contributed by atoms with E-state index in [1.54, 1.807) is 24.3 Å². The third-order valence-electron chi connectivity index (χ3n) is 3.56. The van der Waals surface area contributed by atoms with Crippen molar-refractivity contribution in [2.75, 3.05) is 19.8 Å². The summed E-state index contributed by atoms with van der Waals surface area (Å²) in [5, 5.41) is 23.0. The van der Waals surface area contributed by atoms with Gasteiger partial charge in [-0.3, -0.25) is 0 Å². The Morgan fingerprint density at radius 2 is 2.21 bits per heavy atom. The Labute approximate surface area is 118 Å². The number of aliphatic hydroxyl groups is 2. The monoisotopic (exact) mass is 285 g/mol. The van der Waals surface area contributed by atoms with Gasteiger partial charge in [-0.25, -0.2) is 0 Å². The molecule has 106 valence electrons. The number of ether oxygens (including phenoxy) is 1. The molecule has 0 bridgehead atoms. The van der Waals surface area contributed by atoms with Crippen molar-refractivity contribution in [3.8, 4) is 5.75 Å². The van der Waals surface area contributed by atoms with Crippen molar-refractivity contribution in [3.63, 3.8) is 0 Å². The van der Waals surface area contributed by atoms with Crippen LogP contribution in [0.1, 0.15) is 19.3 Å². The van der Waals surface area contributed by atoms with Crippen molar-refractivity contribution in [1.29, 1.82) is 0 Å². The quantitative estimate of drug-likeness (QED) is 0.712. The average molecular weight is 286 g/mol. The van der Waals surface area contributed by atoms with Crippen molar-refractivity contribution in [1.82, 2.24) is 5.32 Å². The molecule has 19 heavy (non-hydrogen) atoms. The molecule has 2 rings (SSSR count). The Morgan fingerprint density at radius 3 is 2.79 bits per heavy atom. The molecule has 1 saturated carbocycles. The molecule has 0 spiro atoms. The molecule has 0 radical (unpaired) electrons. The fraction of sp³-hybridized carbons (Fsp3) is 0.571. The molecule has 1 aliphatic rings. The maximum Gasteiger partial charge on any atom is 0.120 e. The molecule has 4 nitrogen and oxygen atoms in total. The predicted octanol–water partition coefficient (Wildman–Crippen LogP) is 1.58. The number of aliphatic hydroxyl groups excluding tert-OH is 2. The van der Waals surface area contributed by atoms with Crippen molar-refractivity contribution in [2.45, 2.75) is 30.9 Å². The van der Waals surface area contributed by atoms with Crippen molar-refractivity contribution >= 4 is 11.6 Å². The third kappa shape index (κ3) is 4.08. The smallest absolute Gasteiger partial charge is 0.120 e. The van der Waals surface area contributed by atoms with Crippen LogP contribution in [0.25, 0.3) is 0 Å². The molecule has 0 amide bonds. The molecule has 1 unspecified atom stereocenters. The summed E-state index contributed by atoms with van der Waals surface area (Å²) in [6.45, 7) is 0.741. The Kier molecular flexibility index (Phi) is 5.05. The van der Waals surface area contributed by atoms with Gasteiger partial charge in [0.15, 0.2) is 0 Å². The summed E-state index contributed by atoms with van der Waals surface area (Å²) < 4.78 is 5.46. The maximum atomic E-state index is 9.86. The van der Waals surface area contributed by atoms with Gasteiger partial charge in [0.1, 0.15) is 18.5 Å². The van der Waals surface area contributed by atoms with Gasteiger partial charge in [-0.05, 0) is 37.5 Å². The molecular formula is C14H20ClNO3. The minimum atomic E-state index is -0.608. The van der Waals surface area contributed by atoms with E-state index in [1.807, 2.05) is 0 Å². The second kappa shape index (κ2) is 6.57. The highest BCUT2D eigenvalue weighted by molar-refractivity contribution is 6.30. The van der Waals surface area contributed by atoms with Gasteiger partial charge in [0.25, 0.3) is 0 Å². The Balaban J connectivity index is 1.71. The zero-order chi connectivity index (χ0) is 13.7. The summed E-state index contributed by atoms with van der Waals surface area (Å²) in [6.07, 6.45) is 2.45. The van der Waals surface area contributed by atoms with Crippen molar-refractivity contribution in [2.24, 2.45) is 0 Å². The number of hydrogen-bond donors (Lipinski definition) is 3. The molecule has 0 aromatic heterocycles. The highest BCUT2D eigenvalue weighted by atomic mass is 35.5. The van der Waals surface area contributed by atoms with E-state index in [-0.39, 0.29) is 18.8 Å². The molecule has 1 fully saturated rings. The fourth-order valence-corrected chi connectivity index (χ4v) is 2.32. The number of nitrogens with one attached hydrogen (secondary N) is 1. The van der Waals surface area contributed by atoms with Crippen LogP contribution in [0.2, 0.25) is 5.02 Å². The van der Waals surface area contributed by atoms with Crippen LogP contribution in [0.5, 0.6) is 5.75 Å². The molecule has 0 heterocycles. The fourth-order valence-electron chi connectivity index (χ4n) is 2.14. The van der Waals surface area contributed by atoms with E-state index in [2.05, 4.69) is 5.32 Å². The van der Waals surface area contributed by atoms with Gasteiger partial charge < -0.3 is 20.3 Å². The molecular weight excluding hydrogens is 266 g/mol. The second-order valence-corrected chi connectivity index (χ2v) is 5.53.